The number of nitrogens with zero attached hydrogens (tertiary/aromatic N) is 1. The number of hydrogen-bond acceptors (Lipinski definition) is 3. The van der Waals surface area contributed by atoms with Gasteiger partial charge in [-0.25, -0.2) is 4.98 Å². The monoisotopic (exact) mass is 208 g/mol. The number of terminal acetylenes is 1. The van der Waals surface area contributed by atoms with Gasteiger partial charge in [0.2, 0.25) is 0 Å². The Morgan fingerprint density at radius 1 is 1.71 bits per heavy atom. The molecule has 14 heavy (non-hydrogen) atoms. The minimum absolute atomic E-state index is 0.377. The quantitative estimate of drug-likeness (QED) is 0.752. The summed E-state index contributed by atoms with van der Waals surface area (Å²) < 4.78 is 0. The molecule has 2 nitrogen and oxygen atoms in total. The second kappa shape index (κ2) is 5.79. The lowest BCUT2D eigenvalue weighted by Crippen LogP contribution is -2.19. The largest absolute Gasteiger partial charge is 0.309 e. The van der Waals surface area contributed by atoms with Crippen LogP contribution in [0.5, 0.6) is 0 Å². The Kier molecular flexibility index (Phi) is 4.64. The fraction of sp³-hybridized carbons (Fsp3) is 0.545. The fourth-order valence-corrected chi connectivity index (χ4v) is 2.25. The van der Waals surface area contributed by atoms with E-state index < -0.39 is 0 Å². The van der Waals surface area contributed by atoms with E-state index in [-0.39, 0.29) is 0 Å². The molecule has 1 N–H and O–H groups in total. The molecule has 1 unspecified atom stereocenters. The highest BCUT2D eigenvalue weighted by atomic mass is 32.1. The summed E-state index contributed by atoms with van der Waals surface area (Å²) in [4.78, 5) is 5.55. The molecule has 0 aliphatic heterocycles. The standard InChI is InChI=1S/C11H16N2S/c1-4-6-7-10(12-5-2)11-8-13-9(3)14-11/h1,8,10,12H,5-7H2,2-3H3. The fourth-order valence-electron chi connectivity index (χ4n) is 1.36. The number of aryl methyl sites for hydroxylation is 1. The molecule has 0 saturated heterocycles. The van der Waals surface area contributed by atoms with E-state index in [2.05, 4.69) is 23.1 Å². The topological polar surface area (TPSA) is 24.9 Å². The summed E-state index contributed by atoms with van der Waals surface area (Å²) in [7, 11) is 0. The van der Waals surface area contributed by atoms with Gasteiger partial charge in [-0.3, -0.25) is 0 Å². The Hall–Kier alpha value is -0.850. The molecule has 0 aromatic carbocycles. The summed E-state index contributed by atoms with van der Waals surface area (Å²) in [6.07, 6.45) is 9.02. The highest BCUT2D eigenvalue weighted by Gasteiger charge is 2.11. The van der Waals surface area contributed by atoms with Crippen molar-refractivity contribution in [2.75, 3.05) is 6.54 Å². The Bertz CT molecular complexity index is 311. The van der Waals surface area contributed by atoms with Gasteiger partial charge in [0, 0.05) is 23.5 Å². The second-order valence-electron chi connectivity index (χ2n) is 3.13. The number of thiazole rings is 1. The molecule has 1 aromatic heterocycles. The van der Waals surface area contributed by atoms with E-state index in [4.69, 9.17) is 6.42 Å². The molecule has 0 bridgehead atoms. The maximum Gasteiger partial charge on any atom is 0.0897 e. The molecule has 0 saturated carbocycles. The molecule has 1 heterocycles. The third-order valence-corrected chi connectivity index (χ3v) is 3.04. The maximum absolute atomic E-state index is 5.27. The molecule has 1 aromatic rings. The van der Waals surface area contributed by atoms with Crippen molar-refractivity contribution in [3.63, 3.8) is 0 Å². The molecular weight excluding hydrogens is 192 g/mol. The lowest BCUT2D eigenvalue weighted by atomic mass is 10.1. The van der Waals surface area contributed by atoms with Gasteiger partial charge in [0.05, 0.1) is 5.01 Å². The average molecular weight is 208 g/mol. The number of aromatic nitrogens is 1. The van der Waals surface area contributed by atoms with E-state index in [1.807, 2.05) is 13.1 Å². The Labute approximate surface area is 89.8 Å². The lowest BCUT2D eigenvalue weighted by Gasteiger charge is -2.13. The summed E-state index contributed by atoms with van der Waals surface area (Å²) in [5.41, 5.74) is 0. The van der Waals surface area contributed by atoms with Gasteiger partial charge in [0.25, 0.3) is 0 Å². The Balaban J connectivity index is 2.63. The SMILES string of the molecule is C#CCCC(NCC)c1cnc(C)s1. The van der Waals surface area contributed by atoms with Crippen LogP contribution in [0.25, 0.3) is 0 Å². The van der Waals surface area contributed by atoms with Gasteiger partial charge in [0.1, 0.15) is 0 Å². The summed E-state index contributed by atoms with van der Waals surface area (Å²) >= 11 is 1.74. The van der Waals surface area contributed by atoms with Gasteiger partial charge >= 0.3 is 0 Å². The molecule has 3 heteroatoms. The first-order valence-corrected chi connectivity index (χ1v) is 5.68. The first-order valence-electron chi connectivity index (χ1n) is 4.87. The van der Waals surface area contributed by atoms with Crippen LogP contribution in [0.1, 0.15) is 35.7 Å². The zero-order chi connectivity index (χ0) is 10.4. The molecule has 0 spiro atoms. The van der Waals surface area contributed by atoms with Crippen molar-refractivity contribution in [2.24, 2.45) is 0 Å². The summed E-state index contributed by atoms with van der Waals surface area (Å²) in [5.74, 6) is 2.68. The minimum atomic E-state index is 0.377. The zero-order valence-electron chi connectivity index (χ0n) is 8.71. The van der Waals surface area contributed by atoms with Crippen LogP contribution in [-0.2, 0) is 0 Å². The zero-order valence-corrected chi connectivity index (χ0v) is 9.53. The van der Waals surface area contributed by atoms with E-state index >= 15 is 0 Å². The number of hydrogen-bond donors (Lipinski definition) is 1. The molecule has 1 rings (SSSR count). The smallest absolute Gasteiger partial charge is 0.0897 e. The van der Waals surface area contributed by atoms with Gasteiger partial charge < -0.3 is 5.32 Å². The highest BCUT2D eigenvalue weighted by molar-refractivity contribution is 7.11. The van der Waals surface area contributed by atoms with Crippen LogP contribution in [0.3, 0.4) is 0 Å². The maximum atomic E-state index is 5.27. The van der Waals surface area contributed by atoms with Gasteiger partial charge in [-0.15, -0.1) is 23.7 Å². The summed E-state index contributed by atoms with van der Waals surface area (Å²) in [6, 6.07) is 0.377. The van der Waals surface area contributed by atoms with E-state index in [0.29, 0.717) is 6.04 Å². The van der Waals surface area contributed by atoms with Crippen molar-refractivity contribution in [1.29, 1.82) is 0 Å². The molecule has 0 fully saturated rings. The second-order valence-corrected chi connectivity index (χ2v) is 4.40. The van der Waals surface area contributed by atoms with Crippen molar-refractivity contribution in [2.45, 2.75) is 32.7 Å². The van der Waals surface area contributed by atoms with Gasteiger partial charge in [0.15, 0.2) is 0 Å². The molecular formula is C11H16N2S. The van der Waals surface area contributed by atoms with Crippen LogP contribution in [-0.4, -0.2) is 11.5 Å². The van der Waals surface area contributed by atoms with Crippen molar-refractivity contribution in [3.8, 4) is 12.3 Å². The van der Waals surface area contributed by atoms with Crippen LogP contribution in [0, 0.1) is 19.3 Å². The summed E-state index contributed by atoms with van der Waals surface area (Å²) in [6.45, 7) is 5.10. The lowest BCUT2D eigenvalue weighted by molar-refractivity contribution is 0.529. The van der Waals surface area contributed by atoms with Crippen LogP contribution in [0.4, 0.5) is 0 Å². The predicted octanol–water partition coefficient (Wildman–Crippen LogP) is 2.52. The van der Waals surface area contributed by atoms with E-state index in [0.717, 1.165) is 24.4 Å². The Morgan fingerprint density at radius 3 is 3.00 bits per heavy atom. The Morgan fingerprint density at radius 2 is 2.50 bits per heavy atom. The molecule has 1 atom stereocenters. The molecule has 0 aliphatic rings. The predicted molar refractivity (Wildman–Crippen MR) is 61.3 cm³/mol. The van der Waals surface area contributed by atoms with Gasteiger partial charge in [-0.1, -0.05) is 6.92 Å². The number of rotatable bonds is 5. The molecule has 0 aliphatic carbocycles. The van der Waals surface area contributed by atoms with Gasteiger partial charge in [-0.2, -0.15) is 0 Å². The highest BCUT2D eigenvalue weighted by Crippen LogP contribution is 2.23. The van der Waals surface area contributed by atoms with Crippen molar-refractivity contribution >= 4 is 11.3 Å². The number of nitrogens with one attached hydrogen (secondary N) is 1. The first kappa shape index (κ1) is 11.2. The third-order valence-electron chi connectivity index (χ3n) is 2.01. The van der Waals surface area contributed by atoms with Crippen LogP contribution in [0.2, 0.25) is 0 Å². The van der Waals surface area contributed by atoms with Crippen LogP contribution >= 0.6 is 11.3 Å². The minimum Gasteiger partial charge on any atom is -0.309 e. The van der Waals surface area contributed by atoms with Crippen molar-refractivity contribution in [3.05, 3.63) is 16.1 Å². The van der Waals surface area contributed by atoms with Crippen molar-refractivity contribution in [1.82, 2.24) is 10.3 Å². The first-order chi connectivity index (χ1) is 6.77. The normalized spacial score (nSPS) is 12.4. The van der Waals surface area contributed by atoms with E-state index in [1.165, 1.54) is 4.88 Å². The van der Waals surface area contributed by atoms with E-state index in [9.17, 15) is 0 Å². The van der Waals surface area contributed by atoms with Gasteiger partial charge in [-0.05, 0) is 19.9 Å². The van der Waals surface area contributed by atoms with Crippen molar-refractivity contribution < 1.29 is 0 Å². The van der Waals surface area contributed by atoms with Crippen LogP contribution in [0.15, 0.2) is 6.20 Å². The molecule has 0 radical (unpaired) electrons. The summed E-state index contributed by atoms with van der Waals surface area (Å²) in [5, 5.41) is 4.54. The third kappa shape index (κ3) is 3.13. The van der Waals surface area contributed by atoms with Crippen LogP contribution < -0.4 is 5.32 Å². The molecule has 76 valence electrons. The average Bonchev–Trinajstić information content (AvgIpc) is 2.59. The van der Waals surface area contributed by atoms with E-state index in [1.54, 1.807) is 11.3 Å². The molecule has 0 amide bonds.